The number of hydrogen-bond acceptors (Lipinski definition) is 6. The van der Waals surface area contributed by atoms with Crippen molar-refractivity contribution < 1.29 is 22.4 Å². The molecule has 0 spiro atoms. The Morgan fingerprint density at radius 2 is 2.00 bits per heavy atom. The van der Waals surface area contributed by atoms with Gasteiger partial charge in [-0.05, 0) is 18.2 Å². The molecule has 4 aromatic heterocycles. The van der Waals surface area contributed by atoms with E-state index in [1.54, 1.807) is 0 Å². The van der Waals surface area contributed by atoms with Gasteiger partial charge in [0.2, 0.25) is 5.89 Å². The van der Waals surface area contributed by atoms with Crippen molar-refractivity contribution in [1.29, 1.82) is 0 Å². The van der Waals surface area contributed by atoms with Crippen molar-refractivity contribution in [3.63, 3.8) is 0 Å². The second-order valence-corrected chi connectivity index (χ2v) is 8.89. The molecule has 1 atom stereocenters. The first-order valence-electron chi connectivity index (χ1n) is 10.3. The van der Waals surface area contributed by atoms with Crippen molar-refractivity contribution in [3.05, 3.63) is 65.1 Å². The Kier molecular flexibility index (Phi) is 4.59. The fraction of sp³-hybridized carbons (Fsp3) is 0.381. The van der Waals surface area contributed by atoms with Gasteiger partial charge in [-0.1, -0.05) is 26.8 Å². The second-order valence-electron chi connectivity index (χ2n) is 8.89. The predicted octanol–water partition coefficient (Wildman–Crippen LogP) is 3.54. The Morgan fingerprint density at radius 1 is 1.21 bits per heavy atom. The lowest BCUT2D eigenvalue weighted by Gasteiger charge is -2.32. The zero-order valence-electron chi connectivity index (χ0n) is 18.0. The number of imidazole rings is 1. The van der Waals surface area contributed by atoms with Gasteiger partial charge in [-0.3, -0.25) is 4.79 Å². The lowest BCUT2D eigenvalue weighted by Crippen LogP contribution is -2.41. The van der Waals surface area contributed by atoms with E-state index in [0.29, 0.717) is 18.0 Å². The molecule has 12 heteroatoms. The third-order valence-electron chi connectivity index (χ3n) is 5.51. The van der Waals surface area contributed by atoms with Crippen molar-refractivity contribution in [2.45, 2.75) is 44.8 Å². The third-order valence-corrected chi connectivity index (χ3v) is 5.51. The van der Waals surface area contributed by atoms with E-state index in [1.165, 1.54) is 29.4 Å². The number of pyridine rings is 1. The summed E-state index contributed by atoms with van der Waals surface area (Å²) in [4.78, 5) is 22.2. The van der Waals surface area contributed by atoms with Crippen LogP contribution < -0.4 is 0 Å². The summed E-state index contributed by atoms with van der Waals surface area (Å²) in [5, 5.41) is 12.1. The SMILES string of the molecule is CC(C)(C)c1nnc(C(=O)N2CCc3[nH]cnc3[C@@H]2c2cc3cccc(C(F)(F)F)n3n2)o1. The van der Waals surface area contributed by atoms with Crippen LogP contribution in [0.25, 0.3) is 5.52 Å². The van der Waals surface area contributed by atoms with Gasteiger partial charge in [-0.25, -0.2) is 9.50 Å². The minimum atomic E-state index is -4.59. The maximum Gasteiger partial charge on any atom is 0.433 e. The highest BCUT2D eigenvalue weighted by Gasteiger charge is 2.40. The highest BCUT2D eigenvalue weighted by Crippen LogP contribution is 2.36. The molecule has 0 aliphatic carbocycles. The van der Waals surface area contributed by atoms with Crippen molar-refractivity contribution >= 4 is 11.4 Å². The summed E-state index contributed by atoms with van der Waals surface area (Å²) in [5.41, 5.74) is 0.457. The summed E-state index contributed by atoms with van der Waals surface area (Å²) in [6, 6.07) is 4.51. The number of carbonyl (C=O) groups excluding carboxylic acids is 1. The molecule has 0 radical (unpaired) electrons. The molecule has 1 aliphatic rings. The summed E-state index contributed by atoms with van der Waals surface area (Å²) in [6.07, 6.45) is -2.61. The van der Waals surface area contributed by atoms with Crippen molar-refractivity contribution in [3.8, 4) is 0 Å². The Labute approximate surface area is 185 Å². The van der Waals surface area contributed by atoms with Crippen LogP contribution in [-0.4, -0.2) is 47.1 Å². The molecule has 1 aliphatic heterocycles. The first-order valence-corrected chi connectivity index (χ1v) is 10.3. The smallest absolute Gasteiger partial charge is 0.416 e. The molecule has 5 heterocycles. The Bertz CT molecular complexity index is 1350. The number of halogens is 3. The van der Waals surface area contributed by atoms with E-state index in [4.69, 9.17) is 4.42 Å². The molecule has 0 saturated heterocycles. The topological polar surface area (TPSA) is 105 Å². The van der Waals surface area contributed by atoms with Crippen LogP contribution in [0.4, 0.5) is 13.2 Å². The number of nitrogens with one attached hydrogen (secondary N) is 1. The van der Waals surface area contributed by atoms with Crippen LogP contribution in [0.1, 0.15) is 66.2 Å². The number of aromatic nitrogens is 6. The van der Waals surface area contributed by atoms with Crippen LogP contribution in [0.2, 0.25) is 0 Å². The molecular formula is C21H20F3N7O2. The number of rotatable bonds is 2. The van der Waals surface area contributed by atoms with E-state index >= 15 is 0 Å². The number of carbonyl (C=O) groups is 1. The summed E-state index contributed by atoms with van der Waals surface area (Å²) >= 11 is 0. The summed E-state index contributed by atoms with van der Waals surface area (Å²) in [7, 11) is 0. The molecule has 0 aromatic carbocycles. The quantitative estimate of drug-likeness (QED) is 0.492. The minimum absolute atomic E-state index is 0.191. The van der Waals surface area contributed by atoms with Gasteiger partial charge in [-0.2, -0.15) is 18.3 Å². The fourth-order valence-corrected chi connectivity index (χ4v) is 3.91. The number of H-pyrrole nitrogens is 1. The van der Waals surface area contributed by atoms with Gasteiger partial charge in [0, 0.05) is 24.1 Å². The van der Waals surface area contributed by atoms with E-state index < -0.39 is 29.2 Å². The zero-order chi connectivity index (χ0) is 23.5. The first-order chi connectivity index (χ1) is 15.5. The lowest BCUT2D eigenvalue weighted by atomic mass is 9.97. The molecule has 0 bridgehead atoms. The third kappa shape index (κ3) is 3.55. The Morgan fingerprint density at radius 3 is 2.70 bits per heavy atom. The molecule has 9 nitrogen and oxygen atoms in total. The summed E-state index contributed by atoms with van der Waals surface area (Å²) in [5.74, 6) is -0.421. The molecule has 1 amide bonds. The average Bonchev–Trinajstić information content (AvgIpc) is 3.49. The second kappa shape index (κ2) is 7.15. The normalized spacial score (nSPS) is 16.9. The molecule has 4 aromatic rings. The molecule has 5 rings (SSSR count). The number of hydrogen-bond donors (Lipinski definition) is 1. The van der Waals surface area contributed by atoms with Gasteiger partial charge >= 0.3 is 18.0 Å². The van der Waals surface area contributed by atoms with Gasteiger partial charge in [0.15, 0.2) is 0 Å². The van der Waals surface area contributed by atoms with Crippen molar-refractivity contribution in [1.82, 2.24) is 34.7 Å². The monoisotopic (exact) mass is 459 g/mol. The number of fused-ring (bicyclic) bond motifs is 2. The summed E-state index contributed by atoms with van der Waals surface area (Å²) in [6.45, 7) is 5.90. The van der Waals surface area contributed by atoms with Crippen LogP contribution in [-0.2, 0) is 18.0 Å². The number of amides is 1. The Hall–Kier alpha value is -3.70. The van der Waals surface area contributed by atoms with E-state index in [0.717, 1.165) is 16.3 Å². The lowest BCUT2D eigenvalue weighted by molar-refractivity contribution is -0.142. The maximum absolute atomic E-state index is 13.5. The van der Waals surface area contributed by atoms with Crippen LogP contribution in [0.15, 0.2) is 35.0 Å². The molecule has 33 heavy (non-hydrogen) atoms. The number of aromatic amines is 1. The van der Waals surface area contributed by atoms with Crippen LogP contribution >= 0.6 is 0 Å². The van der Waals surface area contributed by atoms with Crippen molar-refractivity contribution in [2.75, 3.05) is 6.54 Å². The van der Waals surface area contributed by atoms with E-state index in [-0.39, 0.29) is 23.6 Å². The molecule has 172 valence electrons. The Balaban J connectivity index is 1.61. The van der Waals surface area contributed by atoms with E-state index in [2.05, 4.69) is 25.3 Å². The van der Waals surface area contributed by atoms with E-state index in [9.17, 15) is 18.0 Å². The minimum Gasteiger partial charge on any atom is -0.416 e. The highest BCUT2D eigenvalue weighted by molar-refractivity contribution is 5.90. The first kappa shape index (κ1) is 21.2. The molecule has 0 saturated carbocycles. The van der Waals surface area contributed by atoms with Gasteiger partial charge in [-0.15, -0.1) is 10.2 Å². The summed E-state index contributed by atoms with van der Waals surface area (Å²) < 4.78 is 47.0. The molecule has 0 fully saturated rings. The molecule has 1 N–H and O–H groups in total. The van der Waals surface area contributed by atoms with Gasteiger partial charge in [0.25, 0.3) is 0 Å². The van der Waals surface area contributed by atoms with Crippen LogP contribution in [0.3, 0.4) is 0 Å². The molecular weight excluding hydrogens is 439 g/mol. The average molecular weight is 459 g/mol. The zero-order valence-corrected chi connectivity index (χ0v) is 18.0. The van der Waals surface area contributed by atoms with Gasteiger partial charge < -0.3 is 14.3 Å². The largest absolute Gasteiger partial charge is 0.433 e. The predicted molar refractivity (Wildman–Crippen MR) is 108 cm³/mol. The number of alkyl halides is 3. The fourth-order valence-electron chi connectivity index (χ4n) is 3.91. The van der Waals surface area contributed by atoms with E-state index in [1.807, 2.05) is 20.8 Å². The van der Waals surface area contributed by atoms with Gasteiger partial charge in [0.1, 0.15) is 11.7 Å². The van der Waals surface area contributed by atoms with Gasteiger partial charge in [0.05, 0.1) is 23.2 Å². The highest BCUT2D eigenvalue weighted by atomic mass is 19.4. The number of nitrogens with zero attached hydrogens (tertiary/aromatic N) is 6. The standard InChI is InChI=1S/C21H20F3N7O2/c1-20(2,3)19-28-27-17(33-19)18(32)30-8-7-12-15(26-10-25-12)16(30)13-9-11-5-4-6-14(21(22,23)24)31(11)29-13/h4-6,9-10,16H,7-8H2,1-3H3,(H,25,26)/t16-/m0/s1. The van der Waals surface area contributed by atoms with Crippen LogP contribution in [0, 0.1) is 0 Å². The van der Waals surface area contributed by atoms with Crippen LogP contribution in [0.5, 0.6) is 0 Å². The van der Waals surface area contributed by atoms with Crippen molar-refractivity contribution in [2.24, 2.45) is 0 Å². The molecule has 0 unspecified atom stereocenters. The maximum atomic E-state index is 13.5.